The summed E-state index contributed by atoms with van der Waals surface area (Å²) in [5.41, 5.74) is 0.380. The molecule has 0 spiro atoms. The molecule has 1 atom stereocenters. The smallest absolute Gasteiger partial charge is 0.338 e. The zero-order valence-corrected chi connectivity index (χ0v) is 15.0. The maximum atomic E-state index is 12.0. The molecule has 1 heterocycles. The van der Waals surface area contributed by atoms with E-state index in [9.17, 15) is 18.0 Å². The van der Waals surface area contributed by atoms with Crippen LogP contribution in [-0.2, 0) is 19.4 Å². The first-order chi connectivity index (χ1) is 10.3. The van der Waals surface area contributed by atoms with Crippen molar-refractivity contribution in [1.29, 1.82) is 0 Å². The van der Waals surface area contributed by atoms with Gasteiger partial charge in [-0.05, 0) is 47.2 Å². The highest BCUT2D eigenvalue weighted by Gasteiger charge is 2.32. The lowest BCUT2D eigenvalue weighted by Crippen LogP contribution is -2.40. The number of carbonyl (C=O) groups is 2. The third kappa shape index (κ3) is 4.42. The number of hydrogen-bond acceptors (Lipinski definition) is 5. The maximum absolute atomic E-state index is 12.0. The van der Waals surface area contributed by atoms with Crippen molar-refractivity contribution in [2.75, 3.05) is 25.2 Å². The number of carbonyl (C=O) groups excluding carboxylic acids is 2. The number of halogens is 1. The monoisotopic (exact) mass is 437 g/mol. The van der Waals surface area contributed by atoms with Gasteiger partial charge in [0.25, 0.3) is 5.91 Å². The summed E-state index contributed by atoms with van der Waals surface area (Å²) in [6.45, 7) is -0.392. The van der Waals surface area contributed by atoms with Crippen molar-refractivity contribution in [3.8, 4) is 0 Å². The van der Waals surface area contributed by atoms with Gasteiger partial charge in [-0.1, -0.05) is 6.07 Å². The van der Waals surface area contributed by atoms with Gasteiger partial charge in [0, 0.05) is 16.7 Å². The average molecular weight is 437 g/mol. The normalized spacial score (nSPS) is 19.6. The molecule has 22 heavy (non-hydrogen) atoms. The molecule has 1 saturated heterocycles. The molecule has 0 saturated carbocycles. The summed E-state index contributed by atoms with van der Waals surface area (Å²) in [4.78, 5) is 25.2. The lowest BCUT2D eigenvalue weighted by Gasteiger charge is -2.23. The first kappa shape index (κ1) is 17.2. The number of sulfone groups is 1. The number of esters is 1. The predicted octanol–water partition coefficient (Wildman–Crippen LogP) is 1.09. The Labute approximate surface area is 142 Å². The second-order valence-corrected chi connectivity index (χ2v) is 8.62. The van der Waals surface area contributed by atoms with Crippen molar-refractivity contribution in [1.82, 2.24) is 4.90 Å². The standard InChI is InChI=1S/C14H16INO5S/c1-16(12-5-6-22(19,20)9-12)13(17)8-21-14(18)10-3-2-4-11(15)7-10/h2-4,7,12H,5-6,8-9H2,1H3/t12-/m1/s1. The van der Waals surface area contributed by atoms with E-state index < -0.39 is 28.3 Å². The van der Waals surface area contributed by atoms with E-state index in [-0.39, 0.29) is 17.5 Å². The van der Waals surface area contributed by atoms with Gasteiger partial charge >= 0.3 is 5.97 Å². The highest BCUT2D eigenvalue weighted by Crippen LogP contribution is 2.16. The first-order valence-electron chi connectivity index (χ1n) is 6.67. The molecule has 8 heteroatoms. The van der Waals surface area contributed by atoms with Crippen LogP contribution in [0.25, 0.3) is 0 Å². The van der Waals surface area contributed by atoms with Crippen molar-refractivity contribution < 1.29 is 22.7 Å². The van der Waals surface area contributed by atoms with Crippen molar-refractivity contribution >= 4 is 44.3 Å². The molecule has 0 aliphatic carbocycles. The molecule has 0 unspecified atom stereocenters. The molecule has 1 aliphatic heterocycles. The van der Waals surface area contributed by atoms with Crippen molar-refractivity contribution in [2.24, 2.45) is 0 Å². The van der Waals surface area contributed by atoms with Crippen LogP contribution in [0, 0.1) is 3.57 Å². The Morgan fingerprint density at radius 2 is 2.14 bits per heavy atom. The fourth-order valence-electron chi connectivity index (χ4n) is 2.21. The summed E-state index contributed by atoms with van der Waals surface area (Å²) >= 11 is 2.08. The molecular formula is C14H16INO5S. The van der Waals surface area contributed by atoms with Gasteiger partial charge in [-0.25, -0.2) is 13.2 Å². The molecule has 1 aliphatic rings. The van der Waals surface area contributed by atoms with E-state index in [0.717, 1.165) is 3.57 Å². The number of ether oxygens (including phenoxy) is 1. The third-order valence-electron chi connectivity index (χ3n) is 3.54. The van der Waals surface area contributed by atoms with E-state index >= 15 is 0 Å². The predicted molar refractivity (Wildman–Crippen MR) is 89.3 cm³/mol. The number of benzene rings is 1. The Morgan fingerprint density at radius 1 is 1.41 bits per heavy atom. The Hall–Kier alpha value is -1.16. The zero-order valence-electron chi connectivity index (χ0n) is 12.0. The second kappa shape index (κ2) is 6.95. The summed E-state index contributed by atoms with van der Waals surface area (Å²) in [7, 11) is -1.52. The van der Waals surface area contributed by atoms with Gasteiger partial charge < -0.3 is 9.64 Å². The van der Waals surface area contributed by atoms with E-state index in [4.69, 9.17) is 4.74 Å². The second-order valence-electron chi connectivity index (χ2n) is 5.15. The molecule has 0 bridgehead atoms. The fourth-order valence-corrected chi connectivity index (χ4v) is 4.53. The highest BCUT2D eigenvalue weighted by molar-refractivity contribution is 14.1. The number of likely N-dealkylation sites (N-methyl/N-ethyl adjacent to an activating group) is 1. The maximum Gasteiger partial charge on any atom is 0.338 e. The molecule has 0 radical (unpaired) electrons. The Morgan fingerprint density at radius 3 is 2.73 bits per heavy atom. The summed E-state index contributed by atoms with van der Waals surface area (Å²) in [5, 5.41) is 0. The molecular weight excluding hydrogens is 421 g/mol. The Bertz CT molecular complexity index is 688. The molecule has 0 aromatic heterocycles. The van der Waals surface area contributed by atoms with E-state index in [1.165, 1.54) is 11.9 Å². The van der Waals surface area contributed by atoms with E-state index in [1.807, 2.05) is 6.07 Å². The largest absolute Gasteiger partial charge is 0.452 e. The quantitative estimate of drug-likeness (QED) is 0.521. The van der Waals surface area contributed by atoms with Crippen LogP contribution in [0.15, 0.2) is 24.3 Å². The van der Waals surface area contributed by atoms with Gasteiger partial charge in [0.05, 0.1) is 17.1 Å². The van der Waals surface area contributed by atoms with E-state index in [2.05, 4.69) is 22.6 Å². The van der Waals surface area contributed by atoms with Crippen molar-refractivity contribution in [2.45, 2.75) is 12.5 Å². The van der Waals surface area contributed by atoms with E-state index in [1.54, 1.807) is 18.2 Å². The minimum absolute atomic E-state index is 0.0277. The van der Waals surface area contributed by atoms with Crippen molar-refractivity contribution in [3.05, 3.63) is 33.4 Å². The molecule has 0 N–H and O–H groups in total. The summed E-state index contributed by atoms with van der Waals surface area (Å²) < 4.78 is 28.7. The topological polar surface area (TPSA) is 80.8 Å². The van der Waals surface area contributed by atoms with E-state index in [0.29, 0.717) is 12.0 Å². The number of rotatable bonds is 4. The molecule has 120 valence electrons. The van der Waals surface area contributed by atoms with Crippen LogP contribution in [0.1, 0.15) is 16.8 Å². The Balaban J connectivity index is 1.88. The lowest BCUT2D eigenvalue weighted by atomic mass is 10.2. The summed E-state index contributed by atoms with van der Waals surface area (Å²) in [6, 6.07) is 6.52. The Kier molecular flexibility index (Phi) is 5.43. The highest BCUT2D eigenvalue weighted by atomic mass is 127. The van der Waals surface area contributed by atoms with Gasteiger partial charge in [0.1, 0.15) is 0 Å². The van der Waals surface area contributed by atoms with Gasteiger partial charge in [-0.3, -0.25) is 4.79 Å². The van der Waals surface area contributed by atoms with Gasteiger partial charge in [-0.15, -0.1) is 0 Å². The minimum Gasteiger partial charge on any atom is -0.452 e. The SMILES string of the molecule is CN(C(=O)COC(=O)c1cccc(I)c1)[C@@H]1CCS(=O)(=O)C1. The molecule has 2 rings (SSSR count). The average Bonchev–Trinajstić information content (AvgIpc) is 2.83. The van der Waals surface area contributed by atoms with Crippen LogP contribution in [0.5, 0.6) is 0 Å². The van der Waals surface area contributed by atoms with Gasteiger partial charge in [0.15, 0.2) is 16.4 Å². The number of hydrogen-bond donors (Lipinski definition) is 0. The van der Waals surface area contributed by atoms with Gasteiger partial charge in [-0.2, -0.15) is 0 Å². The molecule has 1 aromatic rings. The number of amides is 1. The third-order valence-corrected chi connectivity index (χ3v) is 5.96. The number of nitrogens with zero attached hydrogens (tertiary/aromatic N) is 1. The molecule has 1 aromatic carbocycles. The summed E-state index contributed by atoms with van der Waals surface area (Å²) in [5.74, 6) is -0.905. The minimum atomic E-state index is -3.06. The lowest BCUT2D eigenvalue weighted by molar-refractivity contribution is -0.134. The first-order valence-corrected chi connectivity index (χ1v) is 9.57. The zero-order chi connectivity index (χ0) is 16.3. The van der Waals surface area contributed by atoms with Crippen LogP contribution in [-0.4, -0.2) is 56.4 Å². The van der Waals surface area contributed by atoms with Crippen LogP contribution in [0.4, 0.5) is 0 Å². The molecule has 6 nitrogen and oxygen atoms in total. The van der Waals surface area contributed by atoms with Gasteiger partial charge in [0.2, 0.25) is 0 Å². The molecule has 1 amide bonds. The van der Waals surface area contributed by atoms with Crippen LogP contribution in [0.2, 0.25) is 0 Å². The molecule has 1 fully saturated rings. The fraction of sp³-hybridized carbons (Fsp3) is 0.429. The van der Waals surface area contributed by atoms with Crippen LogP contribution >= 0.6 is 22.6 Å². The summed E-state index contributed by atoms with van der Waals surface area (Å²) in [6.07, 6.45) is 0.426. The van der Waals surface area contributed by atoms with Crippen LogP contribution in [0.3, 0.4) is 0 Å². The van der Waals surface area contributed by atoms with Crippen molar-refractivity contribution in [3.63, 3.8) is 0 Å². The van der Waals surface area contributed by atoms with Crippen LogP contribution < -0.4 is 0 Å².